The molecular weight excluding hydrogens is 386 g/mol. The van der Waals surface area contributed by atoms with Crippen LogP contribution < -0.4 is 10.2 Å². The zero-order valence-electron chi connectivity index (χ0n) is 17.5. The van der Waals surface area contributed by atoms with Gasteiger partial charge in [-0.1, -0.05) is 66.7 Å². The second kappa shape index (κ2) is 9.94. The lowest BCUT2D eigenvalue weighted by Gasteiger charge is -2.36. The first-order chi connectivity index (χ1) is 15.2. The number of benzene rings is 3. The van der Waals surface area contributed by atoms with Gasteiger partial charge in [0, 0.05) is 37.4 Å². The molecule has 0 aliphatic carbocycles. The van der Waals surface area contributed by atoms with E-state index in [2.05, 4.69) is 22.3 Å². The minimum Gasteiger partial charge on any atom is -0.368 e. The molecule has 1 saturated heterocycles. The summed E-state index contributed by atoms with van der Waals surface area (Å²) < 4.78 is 0. The molecule has 1 aliphatic heterocycles. The zero-order valence-corrected chi connectivity index (χ0v) is 17.5. The van der Waals surface area contributed by atoms with E-state index in [1.54, 1.807) is 12.1 Å². The van der Waals surface area contributed by atoms with Crippen molar-refractivity contribution in [1.82, 2.24) is 10.2 Å². The van der Waals surface area contributed by atoms with Crippen LogP contribution in [0.15, 0.2) is 91.0 Å². The monoisotopic (exact) mass is 413 g/mol. The number of hydrogen-bond donors (Lipinski definition) is 1. The van der Waals surface area contributed by atoms with E-state index in [0.717, 1.165) is 18.7 Å². The molecule has 3 aromatic carbocycles. The molecule has 0 unspecified atom stereocenters. The lowest BCUT2D eigenvalue weighted by molar-refractivity contribution is -0.132. The molecule has 31 heavy (non-hydrogen) atoms. The highest BCUT2D eigenvalue weighted by Gasteiger charge is 2.25. The fourth-order valence-electron chi connectivity index (χ4n) is 3.93. The van der Waals surface area contributed by atoms with E-state index in [9.17, 15) is 9.59 Å². The van der Waals surface area contributed by atoms with Crippen LogP contribution >= 0.6 is 0 Å². The zero-order chi connectivity index (χ0) is 21.5. The molecule has 5 nitrogen and oxygen atoms in total. The lowest BCUT2D eigenvalue weighted by atomic mass is 10.0. The van der Waals surface area contributed by atoms with Gasteiger partial charge >= 0.3 is 0 Å². The predicted octanol–water partition coefficient (Wildman–Crippen LogP) is 3.90. The van der Waals surface area contributed by atoms with Crippen LogP contribution in [-0.4, -0.2) is 42.9 Å². The van der Waals surface area contributed by atoms with Gasteiger partial charge in [0.25, 0.3) is 5.91 Å². The number of piperazine rings is 1. The van der Waals surface area contributed by atoms with Crippen molar-refractivity contribution in [1.29, 1.82) is 0 Å². The molecule has 0 radical (unpaired) electrons. The first kappa shape index (κ1) is 20.7. The first-order valence-corrected chi connectivity index (χ1v) is 10.7. The van der Waals surface area contributed by atoms with Crippen LogP contribution in [0.1, 0.15) is 28.4 Å². The van der Waals surface area contributed by atoms with Gasteiger partial charge in [0.2, 0.25) is 5.91 Å². The lowest BCUT2D eigenvalue weighted by Crippen LogP contribution is -2.49. The molecule has 1 aliphatic rings. The van der Waals surface area contributed by atoms with Crippen molar-refractivity contribution in [3.63, 3.8) is 0 Å². The van der Waals surface area contributed by atoms with Gasteiger partial charge in [0.05, 0.1) is 12.5 Å². The number of nitrogens with zero attached hydrogens (tertiary/aromatic N) is 2. The maximum atomic E-state index is 13.1. The molecular formula is C26H27N3O2. The Labute approximate surface area is 183 Å². The highest BCUT2D eigenvalue weighted by molar-refractivity contribution is 5.94. The molecule has 0 bridgehead atoms. The van der Waals surface area contributed by atoms with Crippen molar-refractivity contribution < 1.29 is 9.59 Å². The number of anilines is 1. The maximum absolute atomic E-state index is 13.1. The second-order valence-electron chi connectivity index (χ2n) is 7.71. The van der Waals surface area contributed by atoms with Crippen LogP contribution in [0.3, 0.4) is 0 Å². The molecule has 3 aromatic rings. The van der Waals surface area contributed by atoms with E-state index in [1.807, 2.05) is 71.6 Å². The fourth-order valence-corrected chi connectivity index (χ4v) is 3.93. The molecule has 0 saturated carbocycles. The fraction of sp³-hybridized carbons (Fsp3) is 0.231. The van der Waals surface area contributed by atoms with Crippen LogP contribution in [0.5, 0.6) is 0 Å². The summed E-state index contributed by atoms with van der Waals surface area (Å²) in [5.41, 5.74) is 2.71. The Kier molecular flexibility index (Phi) is 6.62. The van der Waals surface area contributed by atoms with Crippen LogP contribution in [0.4, 0.5) is 5.69 Å². The smallest absolute Gasteiger partial charge is 0.251 e. The normalized spacial score (nSPS) is 14.7. The van der Waals surface area contributed by atoms with Crippen LogP contribution in [0.25, 0.3) is 0 Å². The molecule has 4 rings (SSSR count). The maximum Gasteiger partial charge on any atom is 0.251 e. The van der Waals surface area contributed by atoms with Gasteiger partial charge in [-0.15, -0.1) is 0 Å². The number of nitrogens with one attached hydrogen (secondary N) is 1. The number of rotatable bonds is 6. The molecule has 5 heteroatoms. The van der Waals surface area contributed by atoms with E-state index in [1.165, 1.54) is 5.69 Å². The summed E-state index contributed by atoms with van der Waals surface area (Å²) in [5, 5.41) is 3.06. The number of carbonyl (C=O) groups is 2. The van der Waals surface area contributed by atoms with E-state index in [0.29, 0.717) is 18.7 Å². The predicted molar refractivity (Wildman–Crippen MR) is 123 cm³/mol. The Balaban J connectivity index is 1.41. The van der Waals surface area contributed by atoms with Gasteiger partial charge in [0.1, 0.15) is 0 Å². The Bertz CT molecular complexity index is 985. The third-order valence-corrected chi connectivity index (χ3v) is 5.68. The quantitative estimate of drug-likeness (QED) is 0.667. The number of hydrogen-bond acceptors (Lipinski definition) is 3. The largest absolute Gasteiger partial charge is 0.368 e. The summed E-state index contributed by atoms with van der Waals surface area (Å²) in [5.74, 6) is -0.105. The molecule has 0 aromatic heterocycles. The van der Waals surface area contributed by atoms with Crippen molar-refractivity contribution in [2.45, 2.75) is 12.5 Å². The molecule has 1 N–H and O–H groups in total. The van der Waals surface area contributed by atoms with Crippen LogP contribution in [-0.2, 0) is 4.79 Å². The minimum atomic E-state index is -0.367. The summed E-state index contributed by atoms with van der Waals surface area (Å²) in [7, 11) is 0. The number of carbonyl (C=O) groups excluding carboxylic acids is 2. The van der Waals surface area contributed by atoms with E-state index >= 15 is 0 Å². The van der Waals surface area contributed by atoms with Gasteiger partial charge in [-0.3, -0.25) is 9.59 Å². The third-order valence-electron chi connectivity index (χ3n) is 5.68. The van der Waals surface area contributed by atoms with Gasteiger partial charge in [0.15, 0.2) is 0 Å². The number of amides is 2. The van der Waals surface area contributed by atoms with Gasteiger partial charge in [-0.2, -0.15) is 0 Å². The average Bonchev–Trinajstić information content (AvgIpc) is 2.85. The summed E-state index contributed by atoms with van der Waals surface area (Å²) >= 11 is 0. The van der Waals surface area contributed by atoms with Crippen LogP contribution in [0.2, 0.25) is 0 Å². The Morgan fingerprint density at radius 1 is 0.742 bits per heavy atom. The van der Waals surface area contributed by atoms with E-state index < -0.39 is 0 Å². The summed E-state index contributed by atoms with van der Waals surface area (Å²) in [6.07, 6.45) is 0.244. The molecule has 0 spiro atoms. The average molecular weight is 414 g/mol. The van der Waals surface area contributed by atoms with E-state index in [-0.39, 0.29) is 24.3 Å². The van der Waals surface area contributed by atoms with Gasteiger partial charge in [-0.25, -0.2) is 0 Å². The third kappa shape index (κ3) is 5.31. The summed E-state index contributed by atoms with van der Waals surface area (Å²) in [6, 6.07) is 28.7. The Morgan fingerprint density at radius 3 is 1.90 bits per heavy atom. The number of para-hydroxylation sites is 1. The van der Waals surface area contributed by atoms with E-state index in [4.69, 9.17) is 0 Å². The van der Waals surface area contributed by atoms with Crippen molar-refractivity contribution in [2.24, 2.45) is 0 Å². The van der Waals surface area contributed by atoms with Gasteiger partial charge < -0.3 is 15.1 Å². The van der Waals surface area contributed by atoms with Crippen LogP contribution in [0, 0.1) is 0 Å². The minimum absolute atomic E-state index is 0.0647. The van der Waals surface area contributed by atoms with Crippen molar-refractivity contribution >= 4 is 17.5 Å². The second-order valence-corrected chi connectivity index (χ2v) is 7.71. The Hall–Kier alpha value is -3.60. The van der Waals surface area contributed by atoms with Crippen molar-refractivity contribution in [3.8, 4) is 0 Å². The standard InChI is InChI=1S/C26H27N3O2/c30-25(29-18-16-28(17-19-29)23-14-8-3-9-15-23)20-24(21-10-4-1-5-11-21)27-26(31)22-12-6-2-7-13-22/h1-15,24H,16-20H2,(H,27,31)/t24-/m1/s1. The molecule has 1 fully saturated rings. The topological polar surface area (TPSA) is 52.7 Å². The van der Waals surface area contributed by atoms with Crippen molar-refractivity contribution in [3.05, 3.63) is 102 Å². The van der Waals surface area contributed by atoms with Gasteiger partial charge in [-0.05, 0) is 29.8 Å². The molecule has 1 atom stereocenters. The molecule has 1 heterocycles. The highest BCUT2D eigenvalue weighted by Crippen LogP contribution is 2.21. The summed E-state index contributed by atoms with van der Waals surface area (Å²) in [4.78, 5) is 30.1. The first-order valence-electron chi connectivity index (χ1n) is 10.7. The molecule has 158 valence electrons. The summed E-state index contributed by atoms with van der Waals surface area (Å²) in [6.45, 7) is 2.98. The van der Waals surface area contributed by atoms with Crippen molar-refractivity contribution in [2.75, 3.05) is 31.1 Å². The highest BCUT2D eigenvalue weighted by atomic mass is 16.2. The molecule has 2 amide bonds. The SMILES string of the molecule is O=C(N[C@H](CC(=O)N1CCN(c2ccccc2)CC1)c1ccccc1)c1ccccc1. The Morgan fingerprint density at radius 2 is 1.29 bits per heavy atom.